The molecule has 0 aliphatic carbocycles. The Morgan fingerprint density at radius 3 is 2.47 bits per heavy atom. The molecule has 1 fully saturated rings. The van der Waals surface area contributed by atoms with Crippen molar-refractivity contribution in [3.05, 3.63) is 93.9 Å². The van der Waals surface area contributed by atoms with Gasteiger partial charge in [-0.2, -0.15) is 0 Å². The molecular weight excluding hydrogens is 514 g/mol. The maximum Gasteiger partial charge on any atom is 0.266 e. The summed E-state index contributed by atoms with van der Waals surface area (Å²) in [5.74, 6) is 2.42. The minimum Gasteiger partial charge on any atom is -0.493 e. The maximum absolute atomic E-state index is 13.2. The highest BCUT2D eigenvalue weighted by Crippen LogP contribution is 2.38. The summed E-state index contributed by atoms with van der Waals surface area (Å²) in [7, 11) is 1.61. The van der Waals surface area contributed by atoms with Crippen LogP contribution in [-0.2, 0) is 11.3 Å². The van der Waals surface area contributed by atoms with Gasteiger partial charge in [0.05, 0.1) is 31.8 Å². The van der Waals surface area contributed by atoms with Crippen molar-refractivity contribution < 1.29 is 19.0 Å². The highest BCUT2D eigenvalue weighted by atomic mass is 32.2. The van der Waals surface area contributed by atoms with Crippen LogP contribution in [0.5, 0.6) is 17.2 Å². The molecule has 38 heavy (non-hydrogen) atoms. The number of hydrogen-bond acceptors (Lipinski definition) is 6. The molecule has 198 valence electrons. The van der Waals surface area contributed by atoms with Crippen molar-refractivity contribution in [3.63, 3.8) is 0 Å². The largest absolute Gasteiger partial charge is 0.493 e. The van der Waals surface area contributed by atoms with E-state index in [1.807, 2.05) is 54.6 Å². The molecule has 0 aromatic heterocycles. The lowest BCUT2D eigenvalue weighted by molar-refractivity contribution is -0.122. The first-order chi connectivity index (χ1) is 18.4. The topological polar surface area (TPSA) is 48.0 Å². The molecular formula is C31H33NO4S2. The average Bonchev–Trinajstić information content (AvgIpc) is 3.16. The number of ether oxygens (including phenoxy) is 3. The van der Waals surface area contributed by atoms with E-state index >= 15 is 0 Å². The Hall–Kier alpha value is -3.29. The first-order valence-corrected chi connectivity index (χ1v) is 13.9. The summed E-state index contributed by atoms with van der Waals surface area (Å²) >= 11 is 6.83. The van der Waals surface area contributed by atoms with Crippen LogP contribution in [0.3, 0.4) is 0 Å². The minimum absolute atomic E-state index is 0.106. The standard InChI is InChI=1S/C31H33NO4S2/c1-21(2)25-15-14-22(3)18-27(25)35-16-9-17-36-29-24(12-8-13-26(29)34-4)19-28-30(33)32(31(37)38-28)20-23-10-6-5-7-11-23/h5-8,10-15,18-19,21H,9,16-17,20H2,1-4H3/b28-19-. The van der Waals surface area contributed by atoms with Gasteiger partial charge in [-0.25, -0.2) is 0 Å². The van der Waals surface area contributed by atoms with E-state index in [9.17, 15) is 4.79 Å². The maximum atomic E-state index is 13.2. The van der Waals surface area contributed by atoms with E-state index in [-0.39, 0.29) is 5.91 Å². The van der Waals surface area contributed by atoms with Crippen molar-refractivity contribution >= 4 is 40.3 Å². The normalized spacial score (nSPS) is 14.4. The first-order valence-electron chi connectivity index (χ1n) is 12.7. The van der Waals surface area contributed by atoms with Gasteiger partial charge in [-0.1, -0.05) is 92.4 Å². The molecule has 0 bridgehead atoms. The van der Waals surface area contributed by atoms with E-state index in [1.54, 1.807) is 12.0 Å². The van der Waals surface area contributed by atoms with E-state index < -0.39 is 0 Å². The van der Waals surface area contributed by atoms with Crippen LogP contribution < -0.4 is 14.2 Å². The molecule has 5 nitrogen and oxygen atoms in total. The second-order valence-electron chi connectivity index (χ2n) is 9.38. The van der Waals surface area contributed by atoms with Crippen LogP contribution in [-0.4, -0.2) is 35.5 Å². The SMILES string of the molecule is COc1cccc(/C=C2\SC(=S)N(Cc3ccccc3)C2=O)c1OCCCOc1cc(C)ccc1C(C)C. The molecule has 1 aliphatic rings. The molecule has 0 spiro atoms. The fourth-order valence-electron chi connectivity index (χ4n) is 4.16. The number of carbonyl (C=O) groups is 1. The number of benzene rings is 3. The van der Waals surface area contributed by atoms with Gasteiger partial charge in [0.15, 0.2) is 11.5 Å². The quantitative estimate of drug-likeness (QED) is 0.142. The Balaban J connectivity index is 1.43. The number of para-hydroxylation sites is 1. The van der Waals surface area contributed by atoms with Crippen molar-refractivity contribution in [2.24, 2.45) is 0 Å². The number of hydrogen-bond donors (Lipinski definition) is 0. The van der Waals surface area contributed by atoms with Crippen LogP contribution in [0, 0.1) is 6.92 Å². The predicted octanol–water partition coefficient (Wildman–Crippen LogP) is 7.38. The zero-order valence-electron chi connectivity index (χ0n) is 22.2. The smallest absolute Gasteiger partial charge is 0.266 e. The molecule has 0 atom stereocenters. The third-order valence-corrected chi connectivity index (χ3v) is 7.53. The lowest BCUT2D eigenvalue weighted by Gasteiger charge is -2.16. The molecule has 0 N–H and O–H groups in total. The number of carbonyl (C=O) groups excluding carboxylic acids is 1. The van der Waals surface area contributed by atoms with Crippen LogP contribution in [0.2, 0.25) is 0 Å². The van der Waals surface area contributed by atoms with Crippen molar-refractivity contribution in [2.75, 3.05) is 20.3 Å². The summed E-state index contributed by atoms with van der Waals surface area (Å²) in [6, 6.07) is 21.8. The number of nitrogens with zero attached hydrogens (tertiary/aromatic N) is 1. The van der Waals surface area contributed by atoms with Crippen molar-refractivity contribution in [2.45, 2.75) is 39.7 Å². The second-order valence-corrected chi connectivity index (χ2v) is 11.1. The number of methoxy groups -OCH3 is 1. The highest BCUT2D eigenvalue weighted by Gasteiger charge is 2.32. The molecule has 0 radical (unpaired) electrons. The lowest BCUT2D eigenvalue weighted by atomic mass is 10.0. The molecule has 7 heteroatoms. The Kier molecular flexibility index (Phi) is 9.48. The molecule has 1 saturated heterocycles. The molecule has 1 aliphatic heterocycles. The molecule has 0 unspecified atom stereocenters. The number of thiocarbonyl (C=S) groups is 1. The van der Waals surface area contributed by atoms with Crippen LogP contribution >= 0.6 is 24.0 Å². The van der Waals surface area contributed by atoms with Crippen LogP contribution in [0.1, 0.15) is 48.4 Å². The van der Waals surface area contributed by atoms with E-state index in [2.05, 4.69) is 39.0 Å². The summed E-state index contributed by atoms with van der Waals surface area (Å²) in [6.07, 6.45) is 2.53. The lowest BCUT2D eigenvalue weighted by Crippen LogP contribution is -2.27. The summed E-state index contributed by atoms with van der Waals surface area (Å²) in [5.41, 5.74) is 4.18. The molecule has 0 saturated carbocycles. The number of aryl methyl sites for hydroxylation is 1. The van der Waals surface area contributed by atoms with Crippen molar-refractivity contribution in [3.8, 4) is 17.2 Å². The van der Waals surface area contributed by atoms with E-state index in [0.717, 1.165) is 16.9 Å². The number of amides is 1. The zero-order valence-corrected chi connectivity index (χ0v) is 23.9. The van der Waals surface area contributed by atoms with Gasteiger partial charge in [0, 0.05) is 12.0 Å². The average molecular weight is 548 g/mol. The molecule has 3 aromatic carbocycles. The molecule has 3 aromatic rings. The molecule has 1 heterocycles. The highest BCUT2D eigenvalue weighted by molar-refractivity contribution is 8.26. The van der Waals surface area contributed by atoms with Gasteiger partial charge in [0.25, 0.3) is 5.91 Å². The Morgan fingerprint density at radius 2 is 1.74 bits per heavy atom. The van der Waals surface area contributed by atoms with Gasteiger partial charge >= 0.3 is 0 Å². The second kappa shape index (κ2) is 13.0. The van der Waals surface area contributed by atoms with Gasteiger partial charge in [0.2, 0.25) is 0 Å². The summed E-state index contributed by atoms with van der Waals surface area (Å²) in [6.45, 7) is 7.83. The third-order valence-electron chi connectivity index (χ3n) is 6.16. The number of thioether (sulfide) groups is 1. The summed E-state index contributed by atoms with van der Waals surface area (Å²) < 4.78 is 18.4. The van der Waals surface area contributed by atoms with Gasteiger partial charge in [0.1, 0.15) is 10.1 Å². The van der Waals surface area contributed by atoms with Crippen LogP contribution in [0.15, 0.2) is 71.6 Å². The summed E-state index contributed by atoms with van der Waals surface area (Å²) in [4.78, 5) is 15.4. The zero-order chi connectivity index (χ0) is 27.1. The van der Waals surface area contributed by atoms with Crippen molar-refractivity contribution in [1.29, 1.82) is 0 Å². The van der Waals surface area contributed by atoms with E-state index in [4.69, 9.17) is 26.4 Å². The first kappa shape index (κ1) is 27.7. The van der Waals surface area contributed by atoms with Gasteiger partial charge in [-0.05, 0) is 47.7 Å². The van der Waals surface area contributed by atoms with Crippen LogP contribution in [0.25, 0.3) is 6.08 Å². The Morgan fingerprint density at radius 1 is 0.974 bits per heavy atom. The fraction of sp³-hybridized carbons (Fsp3) is 0.290. The fourth-order valence-corrected chi connectivity index (χ4v) is 5.41. The number of rotatable bonds is 11. The minimum atomic E-state index is -0.106. The molecule has 1 amide bonds. The van der Waals surface area contributed by atoms with Crippen molar-refractivity contribution in [1.82, 2.24) is 4.90 Å². The van der Waals surface area contributed by atoms with Gasteiger partial charge < -0.3 is 14.2 Å². The van der Waals surface area contributed by atoms with Gasteiger partial charge in [-0.3, -0.25) is 9.69 Å². The predicted molar refractivity (Wildman–Crippen MR) is 159 cm³/mol. The van der Waals surface area contributed by atoms with Gasteiger partial charge in [-0.15, -0.1) is 0 Å². The Labute approximate surface area is 234 Å². The van der Waals surface area contributed by atoms with E-state index in [0.29, 0.717) is 52.8 Å². The monoisotopic (exact) mass is 547 g/mol. The van der Waals surface area contributed by atoms with E-state index in [1.165, 1.54) is 22.9 Å². The third kappa shape index (κ3) is 6.77. The summed E-state index contributed by atoms with van der Waals surface area (Å²) in [5, 5.41) is 0. The molecule has 4 rings (SSSR count). The Bertz CT molecular complexity index is 1320. The van der Waals surface area contributed by atoms with Crippen LogP contribution in [0.4, 0.5) is 0 Å².